The Morgan fingerprint density at radius 1 is 1.14 bits per heavy atom. The van der Waals surface area contributed by atoms with Gasteiger partial charge in [-0.05, 0) is 12.1 Å². The van der Waals surface area contributed by atoms with E-state index >= 15 is 0 Å². The van der Waals surface area contributed by atoms with Crippen LogP contribution in [-0.2, 0) is 9.59 Å². The minimum absolute atomic E-state index is 0.0717. The first-order valence-corrected chi connectivity index (χ1v) is 7.47. The van der Waals surface area contributed by atoms with Crippen LogP contribution in [0.4, 0.5) is 5.69 Å². The predicted octanol–water partition coefficient (Wildman–Crippen LogP) is 1.83. The number of carbonyl (C=O) groups excluding carboxylic acids is 2. The summed E-state index contributed by atoms with van der Waals surface area (Å²) < 4.78 is 0. The normalized spacial score (nSPS) is 15.0. The number of anilines is 1. The van der Waals surface area contributed by atoms with Crippen molar-refractivity contribution in [3.8, 4) is 0 Å². The Morgan fingerprint density at radius 2 is 1.76 bits per heavy atom. The Bertz CT molecular complexity index is 513. The maximum atomic E-state index is 12.1. The molecule has 0 spiro atoms. The monoisotopic (exact) mass is 309 g/mol. The van der Waals surface area contributed by atoms with Crippen molar-refractivity contribution in [2.24, 2.45) is 0 Å². The molecule has 6 heteroatoms. The Morgan fingerprint density at radius 3 is 2.38 bits per heavy atom. The number of piperazine rings is 1. The van der Waals surface area contributed by atoms with Crippen LogP contribution in [-0.4, -0.2) is 54.3 Å². The van der Waals surface area contributed by atoms with Crippen LogP contribution in [0.1, 0.15) is 13.3 Å². The number of benzene rings is 1. The van der Waals surface area contributed by atoms with Crippen molar-refractivity contribution < 1.29 is 9.59 Å². The average Bonchev–Trinajstić information content (AvgIpc) is 2.49. The van der Waals surface area contributed by atoms with Crippen LogP contribution in [0.3, 0.4) is 0 Å². The zero-order valence-corrected chi connectivity index (χ0v) is 12.9. The molecule has 0 aliphatic carbocycles. The van der Waals surface area contributed by atoms with Crippen LogP contribution < -0.4 is 5.32 Å². The SMILES string of the molecule is CC(=O)N1CCN(C(=O)CCNc2ccccc2Cl)CC1. The van der Waals surface area contributed by atoms with Gasteiger partial charge in [0.15, 0.2) is 0 Å². The van der Waals surface area contributed by atoms with Crippen LogP contribution in [0, 0.1) is 0 Å². The maximum Gasteiger partial charge on any atom is 0.224 e. The van der Waals surface area contributed by atoms with E-state index in [0.717, 1.165) is 5.69 Å². The Kier molecular flexibility index (Phi) is 5.44. The molecule has 1 aliphatic rings. The Hall–Kier alpha value is -1.75. The lowest BCUT2D eigenvalue weighted by Gasteiger charge is -2.34. The fourth-order valence-electron chi connectivity index (χ4n) is 2.34. The van der Waals surface area contributed by atoms with Crippen molar-refractivity contribution in [2.45, 2.75) is 13.3 Å². The topological polar surface area (TPSA) is 52.7 Å². The van der Waals surface area contributed by atoms with Crippen LogP contribution in [0.5, 0.6) is 0 Å². The predicted molar refractivity (Wildman–Crippen MR) is 83.4 cm³/mol. The van der Waals surface area contributed by atoms with Crippen molar-refractivity contribution >= 4 is 29.1 Å². The van der Waals surface area contributed by atoms with Crippen molar-refractivity contribution in [2.75, 3.05) is 38.0 Å². The molecule has 1 aliphatic heterocycles. The van der Waals surface area contributed by atoms with E-state index in [2.05, 4.69) is 5.32 Å². The van der Waals surface area contributed by atoms with Crippen molar-refractivity contribution in [3.63, 3.8) is 0 Å². The highest BCUT2D eigenvalue weighted by molar-refractivity contribution is 6.33. The number of carbonyl (C=O) groups is 2. The third kappa shape index (κ3) is 4.36. The van der Waals surface area contributed by atoms with E-state index < -0.39 is 0 Å². The van der Waals surface area contributed by atoms with Crippen LogP contribution in [0.15, 0.2) is 24.3 Å². The highest BCUT2D eigenvalue weighted by Gasteiger charge is 2.21. The highest BCUT2D eigenvalue weighted by Crippen LogP contribution is 2.20. The van der Waals surface area contributed by atoms with Gasteiger partial charge in [0.25, 0.3) is 0 Å². The number of amides is 2. The minimum Gasteiger partial charge on any atom is -0.383 e. The van der Waals surface area contributed by atoms with Gasteiger partial charge < -0.3 is 15.1 Å². The third-order valence-electron chi connectivity index (χ3n) is 3.61. The summed E-state index contributed by atoms with van der Waals surface area (Å²) in [7, 11) is 0. The van der Waals surface area contributed by atoms with E-state index in [-0.39, 0.29) is 11.8 Å². The van der Waals surface area contributed by atoms with Crippen molar-refractivity contribution in [1.82, 2.24) is 9.80 Å². The van der Waals surface area contributed by atoms with Gasteiger partial charge in [-0.3, -0.25) is 9.59 Å². The average molecular weight is 310 g/mol. The summed E-state index contributed by atoms with van der Waals surface area (Å²) in [6, 6.07) is 7.47. The number of para-hydroxylation sites is 1. The zero-order valence-electron chi connectivity index (χ0n) is 12.1. The van der Waals surface area contributed by atoms with Crippen LogP contribution >= 0.6 is 11.6 Å². The molecule has 0 saturated carbocycles. The first-order valence-electron chi connectivity index (χ1n) is 7.09. The molecule has 1 saturated heterocycles. The fraction of sp³-hybridized carbons (Fsp3) is 0.467. The summed E-state index contributed by atoms with van der Waals surface area (Å²) in [5.74, 6) is 0.181. The summed E-state index contributed by atoms with van der Waals surface area (Å²) in [6.45, 7) is 4.59. The number of halogens is 1. The summed E-state index contributed by atoms with van der Waals surface area (Å²) in [5, 5.41) is 3.82. The zero-order chi connectivity index (χ0) is 15.2. The second kappa shape index (κ2) is 7.31. The first kappa shape index (κ1) is 15.6. The number of hydrogen-bond acceptors (Lipinski definition) is 3. The molecule has 2 rings (SSSR count). The Labute approximate surface area is 129 Å². The molecule has 2 amide bonds. The largest absolute Gasteiger partial charge is 0.383 e. The summed E-state index contributed by atoms with van der Waals surface area (Å²) in [5.41, 5.74) is 0.841. The molecule has 1 N–H and O–H groups in total. The quantitative estimate of drug-likeness (QED) is 0.923. The van der Waals surface area contributed by atoms with Gasteiger partial charge in [0.1, 0.15) is 0 Å². The van der Waals surface area contributed by atoms with Gasteiger partial charge in [0, 0.05) is 46.1 Å². The van der Waals surface area contributed by atoms with Gasteiger partial charge in [-0.1, -0.05) is 23.7 Å². The number of nitrogens with zero attached hydrogens (tertiary/aromatic N) is 2. The maximum absolute atomic E-state index is 12.1. The van der Waals surface area contributed by atoms with Gasteiger partial charge >= 0.3 is 0 Å². The molecule has 1 aromatic carbocycles. The molecular weight excluding hydrogens is 290 g/mol. The molecule has 0 radical (unpaired) electrons. The number of hydrogen-bond donors (Lipinski definition) is 1. The molecule has 21 heavy (non-hydrogen) atoms. The molecule has 1 aromatic rings. The van der Waals surface area contributed by atoms with Gasteiger partial charge in [-0.25, -0.2) is 0 Å². The third-order valence-corrected chi connectivity index (χ3v) is 3.94. The molecule has 1 fully saturated rings. The van der Waals surface area contributed by atoms with Gasteiger partial charge in [-0.15, -0.1) is 0 Å². The lowest BCUT2D eigenvalue weighted by atomic mass is 10.2. The summed E-state index contributed by atoms with van der Waals surface area (Å²) in [6.07, 6.45) is 0.422. The molecule has 114 valence electrons. The minimum atomic E-state index is 0.0717. The van der Waals surface area contributed by atoms with Gasteiger partial charge in [0.2, 0.25) is 11.8 Å². The van der Waals surface area contributed by atoms with E-state index in [9.17, 15) is 9.59 Å². The Balaban J connectivity index is 1.73. The molecule has 0 bridgehead atoms. The molecular formula is C15H20ClN3O2. The highest BCUT2D eigenvalue weighted by atomic mass is 35.5. The fourth-order valence-corrected chi connectivity index (χ4v) is 2.54. The molecule has 5 nitrogen and oxygen atoms in total. The van der Waals surface area contributed by atoms with E-state index in [1.807, 2.05) is 29.2 Å². The second-order valence-electron chi connectivity index (χ2n) is 5.04. The van der Waals surface area contributed by atoms with E-state index in [0.29, 0.717) is 44.2 Å². The molecule has 1 heterocycles. The van der Waals surface area contributed by atoms with E-state index in [4.69, 9.17) is 11.6 Å². The molecule has 0 aromatic heterocycles. The second-order valence-corrected chi connectivity index (χ2v) is 5.45. The number of rotatable bonds is 4. The number of nitrogens with one attached hydrogen (secondary N) is 1. The van der Waals surface area contributed by atoms with Crippen molar-refractivity contribution in [1.29, 1.82) is 0 Å². The summed E-state index contributed by atoms with van der Waals surface area (Å²) >= 11 is 6.04. The molecule has 0 atom stereocenters. The van der Waals surface area contributed by atoms with E-state index in [1.54, 1.807) is 11.8 Å². The standard InChI is InChI=1S/C15H20ClN3O2/c1-12(20)18-8-10-19(11-9-18)15(21)6-7-17-14-5-3-2-4-13(14)16/h2-5,17H,6-11H2,1H3. The van der Waals surface area contributed by atoms with Gasteiger partial charge in [0.05, 0.1) is 10.7 Å². The first-order chi connectivity index (χ1) is 10.1. The summed E-state index contributed by atoms with van der Waals surface area (Å²) in [4.78, 5) is 26.9. The van der Waals surface area contributed by atoms with E-state index in [1.165, 1.54) is 0 Å². The van der Waals surface area contributed by atoms with Crippen LogP contribution in [0.2, 0.25) is 5.02 Å². The van der Waals surface area contributed by atoms with Crippen molar-refractivity contribution in [3.05, 3.63) is 29.3 Å². The van der Waals surface area contributed by atoms with Crippen LogP contribution in [0.25, 0.3) is 0 Å². The lowest BCUT2D eigenvalue weighted by molar-refractivity contribution is -0.138. The lowest BCUT2D eigenvalue weighted by Crippen LogP contribution is -2.50. The van der Waals surface area contributed by atoms with Gasteiger partial charge in [-0.2, -0.15) is 0 Å². The molecule has 0 unspecified atom stereocenters. The smallest absolute Gasteiger partial charge is 0.224 e.